The Hall–Kier alpha value is -0.680. The summed E-state index contributed by atoms with van der Waals surface area (Å²) >= 11 is 3.00. The predicted molar refractivity (Wildman–Crippen MR) is 82.4 cm³/mol. The van der Waals surface area contributed by atoms with E-state index >= 15 is 0 Å². The van der Waals surface area contributed by atoms with E-state index in [-0.39, 0.29) is 27.7 Å². The molecular weight excluding hydrogens is 340 g/mol. The largest absolute Gasteiger partial charge is 0.379 e. The number of rotatable bonds is 4. The first-order chi connectivity index (χ1) is 10.1. The minimum Gasteiger partial charge on any atom is -0.379 e. The molecule has 1 aromatic rings. The molecule has 21 heavy (non-hydrogen) atoms. The number of benzene rings is 1. The summed E-state index contributed by atoms with van der Waals surface area (Å²) < 4.78 is 33.6. The third-order valence-electron chi connectivity index (χ3n) is 5.03. The van der Waals surface area contributed by atoms with E-state index < -0.39 is 11.6 Å². The maximum Gasteiger partial charge on any atom is 0.147 e. The first-order valence-corrected chi connectivity index (χ1v) is 8.39. The van der Waals surface area contributed by atoms with E-state index in [1.807, 2.05) is 6.92 Å². The minimum absolute atomic E-state index is 0.103. The second kappa shape index (κ2) is 5.84. The molecule has 0 amide bonds. The topological polar surface area (TPSA) is 21.3 Å². The summed E-state index contributed by atoms with van der Waals surface area (Å²) in [5.74, 6) is -0.865. The molecule has 2 nitrogen and oxygen atoms in total. The van der Waals surface area contributed by atoms with E-state index in [9.17, 15) is 8.78 Å². The molecule has 2 fully saturated rings. The Morgan fingerprint density at radius 3 is 2.67 bits per heavy atom. The van der Waals surface area contributed by atoms with Crippen LogP contribution in [0.5, 0.6) is 0 Å². The third-order valence-corrected chi connectivity index (χ3v) is 5.63. The molecule has 0 heterocycles. The molecule has 2 aliphatic carbocycles. The molecule has 5 heteroatoms. The SMILES string of the molecule is CCOC1CC(Nc2cc(F)c(Br)cc2F)C12CCCC2. The van der Waals surface area contributed by atoms with Crippen LogP contribution in [0.3, 0.4) is 0 Å². The van der Waals surface area contributed by atoms with Crippen LogP contribution < -0.4 is 5.32 Å². The highest BCUT2D eigenvalue weighted by Crippen LogP contribution is 2.55. The number of nitrogens with one attached hydrogen (secondary N) is 1. The van der Waals surface area contributed by atoms with Gasteiger partial charge in [0, 0.05) is 24.1 Å². The van der Waals surface area contributed by atoms with Crippen molar-refractivity contribution in [3.05, 3.63) is 28.2 Å². The fourth-order valence-electron chi connectivity index (χ4n) is 3.91. The van der Waals surface area contributed by atoms with Crippen molar-refractivity contribution in [3.63, 3.8) is 0 Å². The summed E-state index contributed by atoms with van der Waals surface area (Å²) in [6.07, 6.45) is 5.72. The average molecular weight is 360 g/mol. The fourth-order valence-corrected chi connectivity index (χ4v) is 4.23. The van der Waals surface area contributed by atoms with Gasteiger partial charge in [0.05, 0.1) is 16.3 Å². The number of ether oxygens (including phenoxy) is 1. The summed E-state index contributed by atoms with van der Waals surface area (Å²) in [6.45, 7) is 2.72. The molecule has 0 saturated heterocycles. The maximum atomic E-state index is 14.0. The van der Waals surface area contributed by atoms with Gasteiger partial charge in [0.25, 0.3) is 0 Å². The maximum absolute atomic E-state index is 14.0. The van der Waals surface area contributed by atoms with E-state index in [1.165, 1.54) is 25.0 Å². The second-order valence-electron chi connectivity index (χ2n) is 6.06. The highest BCUT2D eigenvalue weighted by molar-refractivity contribution is 9.10. The van der Waals surface area contributed by atoms with Crippen LogP contribution in [0.15, 0.2) is 16.6 Å². The third kappa shape index (κ3) is 2.59. The zero-order valence-corrected chi connectivity index (χ0v) is 13.7. The van der Waals surface area contributed by atoms with Gasteiger partial charge in [-0.15, -0.1) is 0 Å². The molecule has 0 bridgehead atoms. The van der Waals surface area contributed by atoms with E-state index in [0.29, 0.717) is 6.61 Å². The van der Waals surface area contributed by atoms with Crippen molar-refractivity contribution in [2.75, 3.05) is 11.9 Å². The molecule has 1 N–H and O–H groups in total. The molecule has 3 rings (SSSR count). The van der Waals surface area contributed by atoms with Crippen LogP contribution in [0, 0.1) is 17.0 Å². The van der Waals surface area contributed by atoms with Crippen LogP contribution in [0.25, 0.3) is 0 Å². The summed E-state index contributed by atoms with van der Waals surface area (Å²) in [7, 11) is 0. The molecule has 1 aromatic carbocycles. The molecule has 2 saturated carbocycles. The summed E-state index contributed by atoms with van der Waals surface area (Å²) in [5.41, 5.74) is 0.355. The van der Waals surface area contributed by atoms with Gasteiger partial charge in [0.2, 0.25) is 0 Å². The normalized spacial score (nSPS) is 26.9. The molecule has 2 aliphatic rings. The minimum atomic E-state index is -0.444. The van der Waals surface area contributed by atoms with Crippen LogP contribution in [-0.2, 0) is 4.74 Å². The van der Waals surface area contributed by atoms with Crippen molar-refractivity contribution in [1.82, 2.24) is 0 Å². The first-order valence-electron chi connectivity index (χ1n) is 7.59. The Morgan fingerprint density at radius 1 is 1.29 bits per heavy atom. The molecule has 0 aliphatic heterocycles. The summed E-state index contributed by atoms with van der Waals surface area (Å²) in [4.78, 5) is 0. The predicted octanol–water partition coefficient (Wildman–Crippen LogP) is 4.88. The smallest absolute Gasteiger partial charge is 0.147 e. The average Bonchev–Trinajstić information content (AvgIpc) is 2.95. The summed E-state index contributed by atoms with van der Waals surface area (Å²) in [6, 6.07) is 2.58. The first kappa shape index (κ1) is 15.2. The van der Waals surface area contributed by atoms with E-state index in [4.69, 9.17) is 4.74 Å². The van der Waals surface area contributed by atoms with Gasteiger partial charge in [-0.1, -0.05) is 12.8 Å². The Kier molecular flexibility index (Phi) is 4.23. The quantitative estimate of drug-likeness (QED) is 0.773. The standard InChI is InChI=1S/C16H20BrF2NO/c1-2-21-15-9-14(16(15)5-3-4-6-16)20-13-8-11(18)10(17)7-12(13)19/h7-8,14-15,20H,2-6,9H2,1H3. The van der Waals surface area contributed by atoms with Crippen molar-refractivity contribution in [3.8, 4) is 0 Å². The fraction of sp³-hybridized carbons (Fsp3) is 0.625. The Balaban J connectivity index is 1.78. The van der Waals surface area contributed by atoms with Gasteiger partial charge in [0.1, 0.15) is 11.6 Å². The molecule has 0 radical (unpaired) electrons. The molecule has 2 unspecified atom stereocenters. The van der Waals surface area contributed by atoms with E-state index in [0.717, 1.165) is 19.3 Å². The highest BCUT2D eigenvalue weighted by Gasteiger charge is 2.56. The number of halogens is 3. The number of hydrogen-bond donors (Lipinski definition) is 1. The van der Waals surface area contributed by atoms with E-state index in [1.54, 1.807) is 0 Å². The molecule has 116 valence electrons. The van der Waals surface area contributed by atoms with Crippen LogP contribution in [0.1, 0.15) is 39.0 Å². The van der Waals surface area contributed by atoms with Gasteiger partial charge in [-0.25, -0.2) is 8.78 Å². The van der Waals surface area contributed by atoms with E-state index in [2.05, 4.69) is 21.2 Å². The lowest BCUT2D eigenvalue weighted by Crippen LogP contribution is -2.60. The Morgan fingerprint density at radius 2 is 2.00 bits per heavy atom. The van der Waals surface area contributed by atoms with Crippen molar-refractivity contribution in [2.24, 2.45) is 5.41 Å². The van der Waals surface area contributed by atoms with Gasteiger partial charge in [-0.05, 0) is 48.2 Å². The molecular formula is C16H20BrF2NO. The van der Waals surface area contributed by atoms with Gasteiger partial charge in [-0.3, -0.25) is 0 Å². The zero-order valence-electron chi connectivity index (χ0n) is 12.1. The van der Waals surface area contributed by atoms with Gasteiger partial charge >= 0.3 is 0 Å². The van der Waals surface area contributed by atoms with Gasteiger partial charge in [0.15, 0.2) is 0 Å². The van der Waals surface area contributed by atoms with Crippen molar-refractivity contribution in [1.29, 1.82) is 0 Å². The van der Waals surface area contributed by atoms with Crippen LogP contribution in [0.2, 0.25) is 0 Å². The highest BCUT2D eigenvalue weighted by atomic mass is 79.9. The lowest BCUT2D eigenvalue weighted by molar-refractivity contribution is -0.114. The van der Waals surface area contributed by atoms with Crippen molar-refractivity contribution >= 4 is 21.6 Å². The number of anilines is 1. The Labute approximate surface area is 132 Å². The van der Waals surface area contributed by atoms with Gasteiger partial charge < -0.3 is 10.1 Å². The lowest BCUT2D eigenvalue weighted by atomic mass is 9.60. The van der Waals surface area contributed by atoms with Crippen molar-refractivity contribution < 1.29 is 13.5 Å². The summed E-state index contributed by atoms with van der Waals surface area (Å²) in [5, 5.41) is 3.22. The van der Waals surface area contributed by atoms with Gasteiger partial charge in [-0.2, -0.15) is 0 Å². The van der Waals surface area contributed by atoms with Crippen LogP contribution >= 0.6 is 15.9 Å². The molecule has 1 spiro atoms. The van der Waals surface area contributed by atoms with Crippen molar-refractivity contribution in [2.45, 2.75) is 51.2 Å². The number of hydrogen-bond acceptors (Lipinski definition) is 2. The van der Waals surface area contributed by atoms with Crippen LogP contribution in [0.4, 0.5) is 14.5 Å². The lowest BCUT2D eigenvalue weighted by Gasteiger charge is -2.54. The molecule has 0 aromatic heterocycles. The zero-order chi connectivity index (χ0) is 15.0. The Bertz CT molecular complexity index is 531. The molecule has 2 atom stereocenters. The monoisotopic (exact) mass is 359 g/mol. The van der Waals surface area contributed by atoms with Crippen LogP contribution in [-0.4, -0.2) is 18.8 Å². The second-order valence-corrected chi connectivity index (χ2v) is 6.92.